The van der Waals surface area contributed by atoms with E-state index in [-0.39, 0.29) is 5.91 Å². The lowest BCUT2D eigenvalue weighted by atomic mass is 9.99. The number of anilines is 3. The average molecular weight is 357 g/mol. The fourth-order valence-electron chi connectivity index (χ4n) is 3.85. The third kappa shape index (κ3) is 2.73. The van der Waals surface area contributed by atoms with Crippen molar-refractivity contribution in [1.82, 2.24) is 15.0 Å². The standard InChI is InChI=1S/C21H19N5O/c1-14(27)25-16-6-9-22-18(10-16)15-11-23-20(24-12-15)26-13-21(7-8-21)17-4-2-3-5-19(17)26/h2-6,9-12H,7-8,13H2,1H3,(H,22,25,27). The van der Waals surface area contributed by atoms with Gasteiger partial charge in [0.15, 0.2) is 0 Å². The number of hydrogen-bond donors (Lipinski definition) is 1. The molecule has 0 saturated heterocycles. The lowest BCUT2D eigenvalue weighted by Crippen LogP contribution is -2.21. The predicted octanol–water partition coefficient (Wildman–Crippen LogP) is 3.68. The maximum absolute atomic E-state index is 11.2. The molecule has 1 amide bonds. The molecule has 0 atom stereocenters. The van der Waals surface area contributed by atoms with Crippen LogP contribution in [0.3, 0.4) is 0 Å². The van der Waals surface area contributed by atoms with Crippen LogP contribution in [-0.2, 0) is 10.2 Å². The fraction of sp³-hybridized carbons (Fsp3) is 0.238. The molecule has 5 rings (SSSR count). The van der Waals surface area contributed by atoms with E-state index >= 15 is 0 Å². The first-order valence-corrected chi connectivity index (χ1v) is 9.08. The van der Waals surface area contributed by atoms with Gasteiger partial charge >= 0.3 is 0 Å². The number of pyridine rings is 1. The summed E-state index contributed by atoms with van der Waals surface area (Å²) in [6, 6.07) is 12.1. The zero-order chi connectivity index (χ0) is 18.4. The number of para-hydroxylation sites is 1. The molecule has 1 aliphatic heterocycles. The number of benzene rings is 1. The van der Waals surface area contributed by atoms with Crippen LogP contribution in [0.1, 0.15) is 25.3 Å². The van der Waals surface area contributed by atoms with Crippen molar-refractivity contribution < 1.29 is 4.79 Å². The Hall–Kier alpha value is -3.28. The fourth-order valence-corrected chi connectivity index (χ4v) is 3.85. The summed E-state index contributed by atoms with van der Waals surface area (Å²) in [4.78, 5) is 27.0. The number of carbonyl (C=O) groups is 1. The number of carbonyl (C=O) groups excluding carboxylic acids is 1. The van der Waals surface area contributed by atoms with Gasteiger partial charge in [-0.05, 0) is 36.6 Å². The van der Waals surface area contributed by atoms with E-state index < -0.39 is 0 Å². The van der Waals surface area contributed by atoms with E-state index in [9.17, 15) is 4.79 Å². The van der Waals surface area contributed by atoms with Crippen LogP contribution in [-0.4, -0.2) is 27.4 Å². The lowest BCUT2D eigenvalue weighted by molar-refractivity contribution is -0.114. The first kappa shape index (κ1) is 15.9. The number of fused-ring (bicyclic) bond motifs is 2. The molecule has 6 nitrogen and oxygen atoms in total. The minimum Gasteiger partial charge on any atom is -0.326 e. The van der Waals surface area contributed by atoms with E-state index in [1.807, 2.05) is 6.07 Å². The first-order chi connectivity index (χ1) is 13.1. The predicted molar refractivity (Wildman–Crippen MR) is 104 cm³/mol. The summed E-state index contributed by atoms with van der Waals surface area (Å²) in [6.07, 6.45) is 7.73. The third-order valence-corrected chi connectivity index (χ3v) is 5.34. The van der Waals surface area contributed by atoms with Gasteiger partial charge in [-0.15, -0.1) is 0 Å². The molecule has 1 saturated carbocycles. The van der Waals surface area contributed by atoms with Crippen molar-refractivity contribution in [3.05, 3.63) is 60.6 Å². The Morgan fingerprint density at radius 1 is 1.11 bits per heavy atom. The van der Waals surface area contributed by atoms with Crippen LogP contribution in [0.5, 0.6) is 0 Å². The van der Waals surface area contributed by atoms with Gasteiger partial charge in [0.2, 0.25) is 11.9 Å². The van der Waals surface area contributed by atoms with Gasteiger partial charge in [-0.2, -0.15) is 0 Å². The van der Waals surface area contributed by atoms with Crippen molar-refractivity contribution in [3.63, 3.8) is 0 Å². The van der Waals surface area contributed by atoms with E-state index in [1.54, 1.807) is 24.7 Å². The third-order valence-electron chi connectivity index (χ3n) is 5.34. The Kier molecular flexibility index (Phi) is 3.47. The van der Waals surface area contributed by atoms with Gasteiger partial charge in [-0.1, -0.05) is 18.2 Å². The summed E-state index contributed by atoms with van der Waals surface area (Å²) in [5.74, 6) is 0.605. The smallest absolute Gasteiger partial charge is 0.229 e. The van der Waals surface area contributed by atoms with Crippen molar-refractivity contribution in [2.45, 2.75) is 25.2 Å². The number of nitrogens with one attached hydrogen (secondary N) is 1. The minimum absolute atomic E-state index is 0.111. The molecular weight excluding hydrogens is 338 g/mol. The van der Waals surface area contributed by atoms with Gasteiger partial charge in [0.1, 0.15) is 0 Å². The average Bonchev–Trinajstić information content (AvgIpc) is 3.39. The van der Waals surface area contributed by atoms with Crippen LogP contribution < -0.4 is 10.2 Å². The highest BCUT2D eigenvalue weighted by atomic mass is 16.1. The van der Waals surface area contributed by atoms with Gasteiger partial charge in [0.05, 0.1) is 5.69 Å². The number of aromatic nitrogens is 3. The van der Waals surface area contributed by atoms with Crippen molar-refractivity contribution in [2.75, 3.05) is 16.8 Å². The molecule has 0 radical (unpaired) electrons. The largest absolute Gasteiger partial charge is 0.326 e. The summed E-state index contributed by atoms with van der Waals surface area (Å²) in [5, 5.41) is 2.77. The number of rotatable bonds is 3. The normalized spacial score (nSPS) is 16.3. The molecule has 1 N–H and O–H groups in total. The molecule has 134 valence electrons. The first-order valence-electron chi connectivity index (χ1n) is 9.08. The second-order valence-corrected chi connectivity index (χ2v) is 7.27. The van der Waals surface area contributed by atoms with Crippen molar-refractivity contribution >= 4 is 23.2 Å². The van der Waals surface area contributed by atoms with Crippen LogP contribution in [0.25, 0.3) is 11.3 Å². The SMILES string of the molecule is CC(=O)Nc1ccnc(-c2cnc(N3CC4(CC4)c4ccccc43)nc2)c1. The molecular formula is C21H19N5O. The topological polar surface area (TPSA) is 71.0 Å². The minimum atomic E-state index is -0.111. The molecule has 27 heavy (non-hydrogen) atoms. The highest BCUT2D eigenvalue weighted by Gasteiger charge is 2.52. The summed E-state index contributed by atoms with van der Waals surface area (Å²) >= 11 is 0. The quantitative estimate of drug-likeness (QED) is 0.774. The van der Waals surface area contributed by atoms with Crippen LogP contribution in [0.4, 0.5) is 17.3 Å². The summed E-state index contributed by atoms with van der Waals surface area (Å²) in [6.45, 7) is 2.43. The summed E-state index contributed by atoms with van der Waals surface area (Å²) < 4.78 is 0. The Balaban J connectivity index is 1.44. The number of amides is 1. The molecule has 2 aromatic heterocycles. The van der Waals surface area contributed by atoms with E-state index in [1.165, 1.54) is 31.0 Å². The maximum atomic E-state index is 11.2. The van der Waals surface area contributed by atoms with Crippen molar-refractivity contribution in [1.29, 1.82) is 0 Å². The van der Waals surface area contributed by atoms with E-state index in [0.717, 1.165) is 17.8 Å². The molecule has 0 bridgehead atoms. The Bertz CT molecular complexity index is 1030. The highest BCUT2D eigenvalue weighted by molar-refractivity contribution is 5.89. The molecule has 0 unspecified atom stereocenters. The van der Waals surface area contributed by atoms with Gasteiger partial charge in [0, 0.05) is 54.4 Å². The van der Waals surface area contributed by atoms with Gasteiger partial charge in [-0.3, -0.25) is 9.78 Å². The zero-order valence-electron chi connectivity index (χ0n) is 15.0. The molecule has 2 aliphatic rings. The molecule has 1 spiro atoms. The van der Waals surface area contributed by atoms with Gasteiger partial charge in [0.25, 0.3) is 0 Å². The second-order valence-electron chi connectivity index (χ2n) is 7.27. The van der Waals surface area contributed by atoms with Gasteiger partial charge in [-0.25, -0.2) is 9.97 Å². The number of nitrogens with zero attached hydrogens (tertiary/aromatic N) is 4. The van der Waals surface area contributed by atoms with Crippen LogP contribution in [0.2, 0.25) is 0 Å². The molecule has 3 aromatic rings. The van der Waals surface area contributed by atoms with E-state index in [2.05, 4.69) is 49.4 Å². The molecule has 1 fully saturated rings. The zero-order valence-corrected chi connectivity index (χ0v) is 15.0. The van der Waals surface area contributed by atoms with Crippen molar-refractivity contribution in [2.24, 2.45) is 0 Å². The Morgan fingerprint density at radius 2 is 1.89 bits per heavy atom. The monoisotopic (exact) mass is 357 g/mol. The molecule has 1 aliphatic carbocycles. The molecule has 6 heteroatoms. The van der Waals surface area contributed by atoms with E-state index in [4.69, 9.17) is 0 Å². The second kappa shape index (κ2) is 5.87. The Labute approximate surface area is 157 Å². The van der Waals surface area contributed by atoms with E-state index in [0.29, 0.717) is 17.1 Å². The van der Waals surface area contributed by atoms with Crippen LogP contribution in [0, 0.1) is 0 Å². The summed E-state index contributed by atoms with van der Waals surface area (Å²) in [7, 11) is 0. The summed E-state index contributed by atoms with van der Waals surface area (Å²) in [5.41, 5.74) is 5.19. The van der Waals surface area contributed by atoms with Crippen molar-refractivity contribution in [3.8, 4) is 11.3 Å². The lowest BCUT2D eigenvalue weighted by Gasteiger charge is -2.17. The maximum Gasteiger partial charge on any atom is 0.229 e. The van der Waals surface area contributed by atoms with Crippen LogP contribution >= 0.6 is 0 Å². The van der Waals surface area contributed by atoms with Gasteiger partial charge < -0.3 is 10.2 Å². The highest BCUT2D eigenvalue weighted by Crippen LogP contribution is 2.57. The molecule has 1 aromatic carbocycles. The number of hydrogen-bond acceptors (Lipinski definition) is 5. The Morgan fingerprint density at radius 3 is 2.63 bits per heavy atom. The van der Waals surface area contributed by atoms with Crippen LogP contribution in [0.15, 0.2) is 55.0 Å². The molecule has 3 heterocycles.